The van der Waals surface area contributed by atoms with E-state index in [9.17, 15) is 22.8 Å². The molecule has 0 spiro atoms. The smallest absolute Gasteiger partial charge is 0.444 e. The van der Waals surface area contributed by atoms with E-state index < -0.39 is 29.6 Å². The summed E-state index contributed by atoms with van der Waals surface area (Å²) in [5.41, 5.74) is -0.692. The molecule has 1 aromatic rings. The van der Waals surface area contributed by atoms with Crippen molar-refractivity contribution < 1.29 is 27.5 Å². The number of halogens is 3. The minimum Gasteiger partial charge on any atom is -0.444 e. The number of hydrogen-bond donors (Lipinski definition) is 1. The fraction of sp³-hybridized carbons (Fsp3) is 0.692. The zero-order valence-electron chi connectivity index (χ0n) is 13.5. The van der Waals surface area contributed by atoms with Crippen LogP contribution in [-0.4, -0.2) is 50.4 Å². The second-order valence-electron chi connectivity index (χ2n) is 6.26. The minimum atomic E-state index is -4.59. The van der Waals surface area contributed by atoms with Crippen LogP contribution >= 0.6 is 0 Å². The van der Waals surface area contributed by atoms with Crippen molar-refractivity contribution in [2.75, 3.05) is 13.1 Å². The molecule has 0 radical (unpaired) electrons. The maximum Gasteiger partial charge on any atom is 0.451 e. The molecule has 8 nitrogen and oxygen atoms in total. The molecule has 134 valence electrons. The predicted molar refractivity (Wildman–Crippen MR) is 74.7 cm³/mol. The average molecular weight is 349 g/mol. The van der Waals surface area contributed by atoms with Gasteiger partial charge in [0.05, 0.1) is 6.54 Å². The molecular weight excluding hydrogens is 331 g/mol. The lowest BCUT2D eigenvalue weighted by atomic mass is 10.2. The zero-order valence-corrected chi connectivity index (χ0v) is 13.5. The molecule has 24 heavy (non-hydrogen) atoms. The third kappa shape index (κ3) is 4.36. The first-order valence-corrected chi connectivity index (χ1v) is 7.21. The molecule has 2 heterocycles. The van der Waals surface area contributed by atoms with E-state index in [1.165, 1.54) is 4.90 Å². The number of hydrogen-bond acceptors (Lipinski definition) is 5. The number of aromatic nitrogens is 3. The normalized spacial score (nSPS) is 15.0. The van der Waals surface area contributed by atoms with Crippen LogP contribution in [0.3, 0.4) is 0 Å². The quantitative estimate of drug-likeness (QED) is 0.866. The highest BCUT2D eigenvalue weighted by atomic mass is 19.4. The van der Waals surface area contributed by atoms with E-state index in [0.29, 0.717) is 0 Å². The second-order valence-corrected chi connectivity index (χ2v) is 6.26. The topological polar surface area (TPSA) is 89.4 Å². The van der Waals surface area contributed by atoms with Gasteiger partial charge < -0.3 is 19.5 Å². The van der Waals surface area contributed by atoms with Crippen LogP contribution in [0.5, 0.6) is 0 Å². The highest BCUT2D eigenvalue weighted by Crippen LogP contribution is 2.29. The molecule has 0 fully saturated rings. The van der Waals surface area contributed by atoms with Crippen LogP contribution in [0.1, 0.15) is 32.4 Å². The molecule has 1 aliphatic heterocycles. The van der Waals surface area contributed by atoms with E-state index in [2.05, 4.69) is 15.5 Å². The minimum absolute atomic E-state index is 0.0548. The number of carbonyl (C=O) groups is 2. The van der Waals surface area contributed by atoms with E-state index in [-0.39, 0.29) is 32.0 Å². The Kier molecular flexibility index (Phi) is 4.72. The SMILES string of the molecule is CC(C)(C)OC(=O)NCC(=O)N1CCn2c(nnc2C(F)(F)F)C1. The molecule has 1 aliphatic rings. The number of nitrogens with zero attached hydrogens (tertiary/aromatic N) is 4. The number of alkyl carbamates (subject to hydrolysis) is 1. The molecule has 11 heteroatoms. The molecule has 0 unspecified atom stereocenters. The molecule has 0 saturated heterocycles. The van der Waals surface area contributed by atoms with Crippen LogP contribution in [0.15, 0.2) is 0 Å². The Labute approximate surface area is 136 Å². The first-order valence-electron chi connectivity index (χ1n) is 7.21. The van der Waals surface area contributed by atoms with Crippen molar-refractivity contribution in [3.05, 3.63) is 11.6 Å². The van der Waals surface area contributed by atoms with Gasteiger partial charge in [-0.3, -0.25) is 4.79 Å². The Balaban J connectivity index is 1.92. The molecule has 0 aromatic carbocycles. The van der Waals surface area contributed by atoms with Gasteiger partial charge in [-0.25, -0.2) is 4.79 Å². The number of alkyl halides is 3. The van der Waals surface area contributed by atoms with Crippen LogP contribution in [0.2, 0.25) is 0 Å². The number of rotatable bonds is 2. The molecule has 0 bridgehead atoms. The summed E-state index contributed by atoms with van der Waals surface area (Å²) in [6.07, 6.45) is -5.33. The van der Waals surface area contributed by atoms with E-state index in [0.717, 1.165) is 4.57 Å². The van der Waals surface area contributed by atoms with Crippen molar-refractivity contribution in [2.45, 2.75) is 45.6 Å². The fourth-order valence-corrected chi connectivity index (χ4v) is 2.15. The summed E-state index contributed by atoms with van der Waals surface area (Å²) in [6.45, 7) is 4.66. The van der Waals surface area contributed by atoms with Crippen LogP contribution in [-0.2, 0) is 28.8 Å². The standard InChI is InChI=1S/C13H18F3N5O3/c1-12(2,3)24-11(23)17-6-9(22)20-4-5-21-8(7-20)18-19-10(21)13(14,15)16/h4-7H2,1-3H3,(H,17,23). The van der Waals surface area contributed by atoms with Gasteiger partial charge in [-0.1, -0.05) is 0 Å². The van der Waals surface area contributed by atoms with Gasteiger partial charge in [0.15, 0.2) is 5.82 Å². The Bertz CT molecular complexity index is 636. The van der Waals surface area contributed by atoms with E-state index in [1.54, 1.807) is 20.8 Å². The molecule has 2 amide bonds. The average Bonchev–Trinajstić information content (AvgIpc) is 2.85. The van der Waals surface area contributed by atoms with Crippen LogP contribution in [0, 0.1) is 0 Å². The number of nitrogens with one attached hydrogen (secondary N) is 1. The Morgan fingerprint density at radius 1 is 1.21 bits per heavy atom. The number of fused-ring (bicyclic) bond motifs is 1. The van der Waals surface area contributed by atoms with Gasteiger partial charge in [-0.05, 0) is 20.8 Å². The van der Waals surface area contributed by atoms with Crippen molar-refractivity contribution in [3.63, 3.8) is 0 Å². The molecule has 1 N–H and O–H groups in total. The van der Waals surface area contributed by atoms with Gasteiger partial charge in [0.1, 0.15) is 12.1 Å². The van der Waals surface area contributed by atoms with Gasteiger partial charge in [0.2, 0.25) is 11.7 Å². The Morgan fingerprint density at radius 3 is 2.46 bits per heavy atom. The van der Waals surface area contributed by atoms with Crippen molar-refractivity contribution in [1.29, 1.82) is 0 Å². The van der Waals surface area contributed by atoms with E-state index in [4.69, 9.17) is 4.74 Å². The first-order chi connectivity index (χ1) is 11.0. The molecular formula is C13H18F3N5O3. The van der Waals surface area contributed by atoms with Crippen molar-refractivity contribution >= 4 is 12.0 Å². The molecule has 1 aromatic heterocycles. The maximum atomic E-state index is 12.7. The summed E-state index contributed by atoms with van der Waals surface area (Å²) in [7, 11) is 0. The largest absolute Gasteiger partial charge is 0.451 e. The molecule has 0 atom stereocenters. The van der Waals surface area contributed by atoms with Gasteiger partial charge in [-0.2, -0.15) is 13.2 Å². The first kappa shape index (κ1) is 18.0. The van der Waals surface area contributed by atoms with Crippen LogP contribution < -0.4 is 5.32 Å². The summed E-state index contributed by atoms with van der Waals surface area (Å²) in [5, 5.41) is 8.94. The van der Waals surface area contributed by atoms with E-state index >= 15 is 0 Å². The predicted octanol–water partition coefficient (Wildman–Crippen LogP) is 1.16. The Hall–Kier alpha value is -2.33. The summed E-state index contributed by atoms with van der Waals surface area (Å²) < 4.78 is 44.2. The van der Waals surface area contributed by atoms with Gasteiger partial charge in [0, 0.05) is 13.1 Å². The summed E-state index contributed by atoms with van der Waals surface area (Å²) in [6, 6.07) is 0. The van der Waals surface area contributed by atoms with Crippen molar-refractivity contribution in [1.82, 2.24) is 25.0 Å². The van der Waals surface area contributed by atoms with Crippen molar-refractivity contribution in [3.8, 4) is 0 Å². The zero-order chi connectivity index (χ0) is 18.1. The second kappa shape index (κ2) is 6.29. The molecule has 0 aliphatic carbocycles. The number of carbonyl (C=O) groups excluding carboxylic acids is 2. The third-order valence-electron chi connectivity index (χ3n) is 3.14. The van der Waals surface area contributed by atoms with Gasteiger partial charge >= 0.3 is 12.3 Å². The molecule has 2 rings (SSSR count). The van der Waals surface area contributed by atoms with E-state index in [1.807, 2.05) is 0 Å². The summed E-state index contributed by atoms with van der Waals surface area (Å²) in [4.78, 5) is 24.9. The lowest BCUT2D eigenvalue weighted by molar-refractivity contribution is -0.148. The highest BCUT2D eigenvalue weighted by molar-refractivity contribution is 5.82. The number of amides is 2. The van der Waals surface area contributed by atoms with Crippen LogP contribution in [0.25, 0.3) is 0 Å². The maximum absolute atomic E-state index is 12.7. The summed E-state index contributed by atoms with van der Waals surface area (Å²) in [5.74, 6) is -1.46. The molecule has 0 saturated carbocycles. The third-order valence-corrected chi connectivity index (χ3v) is 3.14. The lowest BCUT2D eigenvalue weighted by Gasteiger charge is -2.28. The fourth-order valence-electron chi connectivity index (χ4n) is 2.15. The lowest BCUT2D eigenvalue weighted by Crippen LogP contribution is -2.45. The Morgan fingerprint density at radius 2 is 1.88 bits per heavy atom. The van der Waals surface area contributed by atoms with Crippen molar-refractivity contribution in [2.24, 2.45) is 0 Å². The number of ether oxygens (including phenoxy) is 1. The van der Waals surface area contributed by atoms with Gasteiger partial charge in [-0.15, -0.1) is 10.2 Å². The van der Waals surface area contributed by atoms with Gasteiger partial charge in [0.25, 0.3) is 0 Å². The monoisotopic (exact) mass is 349 g/mol. The summed E-state index contributed by atoms with van der Waals surface area (Å²) >= 11 is 0. The van der Waals surface area contributed by atoms with Crippen LogP contribution in [0.4, 0.5) is 18.0 Å². The highest BCUT2D eigenvalue weighted by Gasteiger charge is 2.39.